The van der Waals surface area contributed by atoms with Gasteiger partial charge in [0.2, 0.25) is 0 Å². The largest absolute Gasteiger partial charge is 0.352 e. The Labute approximate surface area is 124 Å². The first kappa shape index (κ1) is 15.2. The molecule has 0 unspecified atom stereocenters. The molecule has 2 rings (SSSR count). The van der Waals surface area contributed by atoms with Gasteiger partial charge < -0.3 is 5.32 Å². The molecular weight excluding hydrogens is 268 g/mol. The van der Waals surface area contributed by atoms with E-state index in [2.05, 4.69) is 11.4 Å². The minimum absolute atomic E-state index is 0.0161. The maximum atomic E-state index is 12.0. The molecule has 1 N–H and O–H groups in total. The summed E-state index contributed by atoms with van der Waals surface area (Å²) in [5.41, 5.74) is 2.28. The Kier molecular flexibility index (Phi) is 5.09. The Balaban J connectivity index is 1.92. The second kappa shape index (κ2) is 7.02. The predicted molar refractivity (Wildman–Crippen MR) is 81.3 cm³/mol. The predicted octanol–water partition coefficient (Wildman–Crippen LogP) is 3.52. The number of nitro groups is 1. The van der Waals surface area contributed by atoms with Gasteiger partial charge in [0.25, 0.3) is 11.6 Å². The molecule has 0 atom stereocenters. The molecule has 0 radical (unpaired) electrons. The van der Waals surface area contributed by atoms with E-state index in [0.717, 1.165) is 19.3 Å². The molecule has 1 aromatic rings. The van der Waals surface area contributed by atoms with E-state index < -0.39 is 4.92 Å². The molecule has 1 aromatic carbocycles. The highest BCUT2D eigenvalue weighted by Crippen LogP contribution is 2.20. The number of nitrogens with zero attached hydrogens (tertiary/aromatic N) is 1. The Morgan fingerprint density at radius 3 is 2.86 bits per heavy atom. The van der Waals surface area contributed by atoms with Crippen molar-refractivity contribution in [2.24, 2.45) is 0 Å². The van der Waals surface area contributed by atoms with E-state index >= 15 is 0 Å². The first-order valence-electron chi connectivity index (χ1n) is 7.29. The molecule has 0 fully saturated rings. The summed E-state index contributed by atoms with van der Waals surface area (Å²) in [6.07, 6.45) is 7.85. The zero-order valence-electron chi connectivity index (χ0n) is 12.2. The Morgan fingerprint density at radius 2 is 2.19 bits per heavy atom. The van der Waals surface area contributed by atoms with Gasteiger partial charge >= 0.3 is 0 Å². The van der Waals surface area contributed by atoms with Crippen molar-refractivity contribution in [1.82, 2.24) is 5.32 Å². The van der Waals surface area contributed by atoms with Crippen LogP contribution in [-0.4, -0.2) is 17.4 Å². The third kappa shape index (κ3) is 4.15. The van der Waals surface area contributed by atoms with E-state index in [9.17, 15) is 14.9 Å². The Bertz CT molecular complexity index is 579. The Hall–Kier alpha value is -2.17. The topological polar surface area (TPSA) is 72.2 Å². The zero-order chi connectivity index (χ0) is 15.2. The van der Waals surface area contributed by atoms with Crippen molar-refractivity contribution >= 4 is 11.6 Å². The first-order valence-corrected chi connectivity index (χ1v) is 7.29. The standard InChI is InChI=1S/C16H20N2O3/c1-12-7-8-14(11-15(12)18(20)21)16(19)17-10-9-13-5-3-2-4-6-13/h5,7-8,11H,2-4,6,9-10H2,1H3,(H,17,19). The second-order valence-corrected chi connectivity index (χ2v) is 5.37. The van der Waals surface area contributed by atoms with Crippen molar-refractivity contribution in [3.63, 3.8) is 0 Å². The fraction of sp³-hybridized carbons (Fsp3) is 0.438. The summed E-state index contributed by atoms with van der Waals surface area (Å²) in [6.45, 7) is 2.24. The van der Waals surface area contributed by atoms with Crippen LogP contribution in [0, 0.1) is 17.0 Å². The SMILES string of the molecule is Cc1ccc(C(=O)NCCC2=CCCCC2)cc1[N+](=O)[O-]. The molecule has 0 saturated heterocycles. The second-order valence-electron chi connectivity index (χ2n) is 5.37. The third-order valence-electron chi connectivity index (χ3n) is 3.78. The molecule has 112 valence electrons. The van der Waals surface area contributed by atoms with Gasteiger partial charge in [-0.1, -0.05) is 17.7 Å². The van der Waals surface area contributed by atoms with Gasteiger partial charge in [0.05, 0.1) is 4.92 Å². The van der Waals surface area contributed by atoms with Crippen molar-refractivity contribution in [3.05, 3.63) is 51.1 Å². The number of aryl methyl sites for hydroxylation is 1. The molecule has 5 nitrogen and oxygen atoms in total. The number of nitrogens with one attached hydrogen (secondary N) is 1. The molecule has 0 heterocycles. The summed E-state index contributed by atoms with van der Waals surface area (Å²) < 4.78 is 0. The van der Waals surface area contributed by atoms with Gasteiger partial charge in [0.15, 0.2) is 0 Å². The third-order valence-corrected chi connectivity index (χ3v) is 3.78. The van der Waals surface area contributed by atoms with E-state index in [0.29, 0.717) is 17.7 Å². The van der Waals surface area contributed by atoms with E-state index in [-0.39, 0.29) is 11.6 Å². The lowest BCUT2D eigenvalue weighted by Crippen LogP contribution is -2.25. The molecule has 0 spiro atoms. The molecule has 1 aliphatic carbocycles. The van der Waals surface area contributed by atoms with Gasteiger partial charge in [0, 0.05) is 23.7 Å². The molecule has 0 bridgehead atoms. The lowest BCUT2D eigenvalue weighted by Gasteiger charge is -2.13. The monoisotopic (exact) mass is 288 g/mol. The molecular formula is C16H20N2O3. The number of nitro benzene ring substituents is 1. The number of carbonyl (C=O) groups excluding carboxylic acids is 1. The van der Waals surface area contributed by atoms with Crippen LogP contribution in [0.3, 0.4) is 0 Å². The molecule has 21 heavy (non-hydrogen) atoms. The van der Waals surface area contributed by atoms with Crippen LogP contribution in [0.1, 0.15) is 48.0 Å². The van der Waals surface area contributed by atoms with Crippen molar-refractivity contribution in [2.45, 2.75) is 39.0 Å². The van der Waals surface area contributed by atoms with Crippen molar-refractivity contribution in [3.8, 4) is 0 Å². The maximum Gasteiger partial charge on any atom is 0.273 e. The molecule has 5 heteroatoms. The molecule has 0 aliphatic heterocycles. The lowest BCUT2D eigenvalue weighted by molar-refractivity contribution is -0.385. The fourth-order valence-corrected chi connectivity index (χ4v) is 2.52. The van der Waals surface area contributed by atoms with Crippen LogP contribution >= 0.6 is 0 Å². The number of hydrogen-bond acceptors (Lipinski definition) is 3. The van der Waals surface area contributed by atoms with Gasteiger partial charge in [-0.15, -0.1) is 0 Å². The molecule has 0 aromatic heterocycles. The minimum atomic E-state index is -0.459. The van der Waals surface area contributed by atoms with Gasteiger partial charge in [-0.05, 0) is 45.1 Å². The number of rotatable bonds is 5. The highest BCUT2D eigenvalue weighted by Gasteiger charge is 2.14. The maximum absolute atomic E-state index is 12.0. The van der Waals surface area contributed by atoms with Crippen molar-refractivity contribution in [2.75, 3.05) is 6.54 Å². The minimum Gasteiger partial charge on any atom is -0.352 e. The van der Waals surface area contributed by atoms with Crippen LogP contribution in [-0.2, 0) is 0 Å². The van der Waals surface area contributed by atoms with E-state index in [1.54, 1.807) is 19.1 Å². The van der Waals surface area contributed by atoms with Crippen LogP contribution in [0.2, 0.25) is 0 Å². The molecule has 0 saturated carbocycles. The van der Waals surface area contributed by atoms with Gasteiger partial charge in [0.1, 0.15) is 0 Å². The van der Waals surface area contributed by atoms with Crippen LogP contribution < -0.4 is 5.32 Å². The summed E-state index contributed by atoms with van der Waals surface area (Å²) in [6, 6.07) is 4.57. The van der Waals surface area contributed by atoms with Gasteiger partial charge in [-0.2, -0.15) is 0 Å². The number of hydrogen-bond donors (Lipinski definition) is 1. The fourth-order valence-electron chi connectivity index (χ4n) is 2.52. The highest BCUT2D eigenvalue weighted by atomic mass is 16.6. The van der Waals surface area contributed by atoms with Gasteiger partial charge in [-0.25, -0.2) is 0 Å². The molecule has 1 aliphatic rings. The van der Waals surface area contributed by atoms with Crippen LogP contribution in [0.5, 0.6) is 0 Å². The zero-order valence-corrected chi connectivity index (χ0v) is 12.2. The van der Waals surface area contributed by atoms with Crippen LogP contribution in [0.25, 0.3) is 0 Å². The van der Waals surface area contributed by atoms with Gasteiger partial charge in [-0.3, -0.25) is 14.9 Å². The summed E-state index contributed by atoms with van der Waals surface area (Å²) in [5.74, 6) is -0.255. The first-order chi connectivity index (χ1) is 10.1. The normalized spacial score (nSPS) is 14.4. The van der Waals surface area contributed by atoms with E-state index in [4.69, 9.17) is 0 Å². The summed E-state index contributed by atoms with van der Waals surface area (Å²) in [4.78, 5) is 22.4. The Morgan fingerprint density at radius 1 is 1.38 bits per heavy atom. The van der Waals surface area contributed by atoms with Crippen LogP contribution in [0.4, 0.5) is 5.69 Å². The number of amides is 1. The quantitative estimate of drug-likeness (QED) is 0.512. The smallest absolute Gasteiger partial charge is 0.273 e. The average Bonchev–Trinajstić information content (AvgIpc) is 2.48. The van der Waals surface area contributed by atoms with Crippen molar-refractivity contribution < 1.29 is 9.72 Å². The highest BCUT2D eigenvalue weighted by molar-refractivity contribution is 5.94. The average molecular weight is 288 g/mol. The van der Waals surface area contributed by atoms with Crippen molar-refractivity contribution in [1.29, 1.82) is 0 Å². The summed E-state index contributed by atoms with van der Waals surface area (Å²) >= 11 is 0. The van der Waals surface area contributed by atoms with Crippen LogP contribution in [0.15, 0.2) is 29.8 Å². The number of allylic oxidation sites excluding steroid dienone is 1. The summed E-state index contributed by atoms with van der Waals surface area (Å²) in [7, 11) is 0. The summed E-state index contributed by atoms with van der Waals surface area (Å²) in [5, 5.41) is 13.7. The van der Waals surface area contributed by atoms with E-state index in [1.807, 2.05) is 0 Å². The number of carbonyl (C=O) groups is 1. The van der Waals surface area contributed by atoms with E-state index in [1.165, 1.54) is 24.5 Å². The number of benzene rings is 1. The lowest BCUT2D eigenvalue weighted by atomic mass is 9.97. The molecule has 1 amide bonds.